The molecule has 5 heteroatoms. The van der Waals surface area contributed by atoms with Crippen LogP contribution >= 0.6 is 0 Å². The molecule has 1 unspecified atom stereocenters. The first-order valence-corrected chi connectivity index (χ1v) is 6.48. The van der Waals surface area contributed by atoms with E-state index in [1.807, 2.05) is 0 Å². The van der Waals surface area contributed by atoms with Gasteiger partial charge >= 0.3 is 6.18 Å². The summed E-state index contributed by atoms with van der Waals surface area (Å²) in [6.45, 7) is 2.30. The number of likely N-dealkylation sites (tertiary alicyclic amines) is 1. The number of rotatable bonds is 3. The van der Waals surface area contributed by atoms with Crippen molar-refractivity contribution < 1.29 is 18.3 Å². The maximum Gasteiger partial charge on any atom is 0.416 e. The van der Waals surface area contributed by atoms with E-state index in [9.17, 15) is 13.2 Å². The molecule has 2 nitrogen and oxygen atoms in total. The second-order valence-corrected chi connectivity index (χ2v) is 5.12. The smallest absolute Gasteiger partial charge is 0.396 e. The van der Waals surface area contributed by atoms with Crippen molar-refractivity contribution in [1.82, 2.24) is 4.90 Å². The van der Waals surface area contributed by atoms with E-state index in [2.05, 4.69) is 4.90 Å². The third kappa shape index (κ3) is 3.94. The van der Waals surface area contributed by atoms with Crippen LogP contribution in [0.3, 0.4) is 0 Å². The molecule has 1 aliphatic heterocycles. The van der Waals surface area contributed by atoms with Crippen LogP contribution < -0.4 is 0 Å². The van der Waals surface area contributed by atoms with E-state index in [0.29, 0.717) is 12.1 Å². The van der Waals surface area contributed by atoms with Crippen LogP contribution in [0.2, 0.25) is 0 Å². The van der Waals surface area contributed by atoms with Gasteiger partial charge in [0.05, 0.1) is 5.56 Å². The predicted molar refractivity (Wildman–Crippen MR) is 66.5 cm³/mol. The molecule has 0 aliphatic carbocycles. The Labute approximate surface area is 110 Å². The Bertz CT molecular complexity index is 419. The van der Waals surface area contributed by atoms with Crippen LogP contribution in [0.5, 0.6) is 0 Å². The lowest BCUT2D eigenvalue weighted by molar-refractivity contribution is -0.137. The highest BCUT2D eigenvalue weighted by Gasteiger charge is 2.30. The molecule has 19 heavy (non-hydrogen) atoms. The summed E-state index contributed by atoms with van der Waals surface area (Å²) in [7, 11) is 0. The van der Waals surface area contributed by atoms with Gasteiger partial charge in [-0.05, 0) is 36.9 Å². The lowest BCUT2D eigenvalue weighted by atomic mass is 9.98. The fraction of sp³-hybridized carbons (Fsp3) is 0.571. The van der Waals surface area contributed by atoms with Gasteiger partial charge in [-0.15, -0.1) is 0 Å². The molecule has 1 fully saturated rings. The topological polar surface area (TPSA) is 23.5 Å². The number of hydrogen-bond donors (Lipinski definition) is 1. The Morgan fingerprint density at radius 1 is 1.32 bits per heavy atom. The number of aliphatic hydroxyl groups excluding tert-OH is 1. The molecule has 0 saturated carbocycles. The van der Waals surface area contributed by atoms with Crippen LogP contribution in [0.4, 0.5) is 13.2 Å². The van der Waals surface area contributed by atoms with E-state index in [1.54, 1.807) is 6.07 Å². The van der Waals surface area contributed by atoms with Gasteiger partial charge in [-0.2, -0.15) is 13.2 Å². The van der Waals surface area contributed by atoms with Gasteiger partial charge in [0.15, 0.2) is 0 Å². The van der Waals surface area contributed by atoms with Gasteiger partial charge in [0.1, 0.15) is 0 Å². The van der Waals surface area contributed by atoms with Crippen molar-refractivity contribution in [3.8, 4) is 0 Å². The van der Waals surface area contributed by atoms with E-state index in [-0.39, 0.29) is 12.5 Å². The first-order valence-electron chi connectivity index (χ1n) is 6.48. The molecule has 0 amide bonds. The van der Waals surface area contributed by atoms with Crippen molar-refractivity contribution in [2.24, 2.45) is 5.92 Å². The number of benzene rings is 1. The number of hydrogen-bond acceptors (Lipinski definition) is 2. The summed E-state index contributed by atoms with van der Waals surface area (Å²) in [5.41, 5.74) is 0.0779. The zero-order chi connectivity index (χ0) is 13.9. The molecule has 0 bridgehead atoms. The maximum atomic E-state index is 12.6. The van der Waals surface area contributed by atoms with Crippen LogP contribution in [-0.4, -0.2) is 29.7 Å². The summed E-state index contributed by atoms with van der Waals surface area (Å²) in [5.74, 6) is 0.250. The van der Waals surface area contributed by atoms with Gasteiger partial charge in [0.25, 0.3) is 0 Å². The van der Waals surface area contributed by atoms with Crippen molar-refractivity contribution >= 4 is 0 Å². The van der Waals surface area contributed by atoms with E-state index in [1.165, 1.54) is 12.1 Å². The van der Waals surface area contributed by atoms with E-state index in [4.69, 9.17) is 5.11 Å². The zero-order valence-corrected chi connectivity index (χ0v) is 10.7. The van der Waals surface area contributed by atoms with Gasteiger partial charge in [-0.25, -0.2) is 0 Å². The highest BCUT2D eigenvalue weighted by atomic mass is 19.4. The lowest BCUT2D eigenvalue weighted by Crippen LogP contribution is -2.36. The third-order valence-electron chi connectivity index (χ3n) is 3.52. The monoisotopic (exact) mass is 273 g/mol. The molecular weight excluding hydrogens is 255 g/mol. The number of piperidine rings is 1. The van der Waals surface area contributed by atoms with E-state index in [0.717, 1.165) is 32.0 Å². The van der Waals surface area contributed by atoms with Crippen molar-refractivity contribution in [2.45, 2.75) is 25.6 Å². The number of nitrogens with zero attached hydrogens (tertiary/aromatic N) is 1. The van der Waals surface area contributed by atoms with Crippen molar-refractivity contribution in [3.05, 3.63) is 35.4 Å². The number of aliphatic hydroxyl groups is 1. The molecule has 1 atom stereocenters. The second-order valence-electron chi connectivity index (χ2n) is 5.12. The number of halogens is 3. The second kappa shape index (κ2) is 5.92. The van der Waals surface area contributed by atoms with E-state index >= 15 is 0 Å². The predicted octanol–water partition coefficient (Wildman–Crippen LogP) is 2.91. The summed E-state index contributed by atoms with van der Waals surface area (Å²) >= 11 is 0. The molecule has 1 aliphatic rings. The van der Waals surface area contributed by atoms with Gasteiger partial charge in [0, 0.05) is 19.7 Å². The standard InChI is InChI=1S/C14H18F3NO/c15-14(16,17)13-5-1-3-11(7-13)8-18-6-2-4-12(9-18)10-19/h1,3,5,7,12,19H,2,4,6,8-10H2. The van der Waals surface area contributed by atoms with Gasteiger partial charge in [-0.3, -0.25) is 4.90 Å². The lowest BCUT2D eigenvalue weighted by Gasteiger charge is -2.31. The molecule has 2 rings (SSSR count). The quantitative estimate of drug-likeness (QED) is 0.915. The molecule has 0 spiro atoms. The summed E-state index contributed by atoms with van der Waals surface area (Å²) < 4.78 is 37.8. The van der Waals surface area contributed by atoms with Crippen LogP contribution in [0.15, 0.2) is 24.3 Å². The molecule has 0 aromatic heterocycles. The summed E-state index contributed by atoms with van der Waals surface area (Å²) in [6, 6.07) is 5.47. The average Bonchev–Trinajstić information content (AvgIpc) is 2.38. The minimum atomic E-state index is -4.29. The zero-order valence-electron chi connectivity index (χ0n) is 10.7. The van der Waals surface area contributed by atoms with E-state index < -0.39 is 11.7 Å². The minimum Gasteiger partial charge on any atom is -0.396 e. The Hall–Kier alpha value is -1.07. The largest absolute Gasteiger partial charge is 0.416 e. The molecule has 1 N–H and O–H groups in total. The SMILES string of the molecule is OCC1CCCN(Cc2cccc(C(F)(F)F)c2)C1. The average molecular weight is 273 g/mol. The van der Waals surface area contributed by atoms with Crippen molar-refractivity contribution in [2.75, 3.05) is 19.7 Å². The molecule has 1 aromatic rings. The minimum absolute atomic E-state index is 0.152. The Morgan fingerprint density at radius 2 is 2.11 bits per heavy atom. The maximum absolute atomic E-state index is 12.6. The molecule has 1 heterocycles. The molecule has 1 aromatic carbocycles. The fourth-order valence-electron chi connectivity index (χ4n) is 2.55. The molecule has 0 radical (unpaired) electrons. The van der Waals surface area contributed by atoms with Crippen LogP contribution in [-0.2, 0) is 12.7 Å². The molecule has 106 valence electrons. The van der Waals surface area contributed by atoms with Crippen LogP contribution in [0.1, 0.15) is 24.0 Å². The summed E-state index contributed by atoms with van der Waals surface area (Å²) in [4.78, 5) is 2.11. The first-order chi connectivity index (χ1) is 8.99. The Kier molecular flexibility index (Phi) is 4.47. The first kappa shape index (κ1) is 14.3. The third-order valence-corrected chi connectivity index (χ3v) is 3.52. The van der Waals surface area contributed by atoms with Gasteiger partial charge < -0.3 is 5.11 Å². The fourth-order valence-corrected chi connectivity index (χ4v) is 2.55. The summed E-state index contributed by atoms with van der Waals surface area (Å²) in [6.07, 6.45) is -2.30. The normalized spacial score (nSPS) is 21.6. The highest BCUT2D eigenvalue weighted by Crippen LogP contribution is 2.30. The van der Waals surface area contributed by atoms with Crippen molar-refractivity contribution in [3.63, 3.8) is 0 Å². The van der Waals surface area contributed by atoms with Crippen LogP contribution in [0.25, 0.3) is 0 Å². The summed E-state index contributed by atoms with van der Waals surface area (Å²) in [5, 5.41) is 9.15. The molecular formula is C14H18F3NO. The Morgan fingerprint density at radius 3 is 2.79 bits per heavy atom. The number of alkyl halides is 3. The van der Waals surface area contributed by atoms with Gasteiger partial charge in [-0.1, -0.05) is 18.2 Å². The Balaban J connectivity index is 2.03. The van der Waals surface area contributed by atoms with Crippen LogP contribution in [0, 0.1) is 5.92 Å². The van der Waals surface area contributed by atoms with Gasteiger partial charge in [0.2, 0.25) is 0 Å². The van der Waals surface area contributed by atoms with Crippen molar-refractivity contribution in [1.29, 1.82) is 0 Å². The molecule has 1 saturated heterocycles. The highest BCUT2D eigenvalue weighted by molar-refractivity contribution is 5.25.